The highest BCUT2D eigenvalue weighted by Gasteiger charge is 2.13. The van der Waals surface area contributed by atoms with Crippen LogP contribution in [0.2, 0.25) is 0 Å². The first-order chi connectivity index (χ1) is 25.7. The van der Waals surface area contributed by atoms with Crippen LogP contribution < -0.4 is 14.2 Å². The SMILES string of the molecule is C=CC(=O)OCCCCOC(=O)Oc1ccc(-c2ccc(/C=C/C(=O)Oc3ccc(OCCCCCCOC(=O)C(=C)CC(=O)OC)cc3)cc2)cc1. The molecule has 0 atom stereocenters. The number of ether oxygens (including phenoxy) is 7. The molecule has 3 aromatic rings. The molecular formula is C41H44O12. The van der Waals surface area contributed by atoms with E-state index < -0.39 is 30.0 Å². The number of unbranched alkanes of at least 4 members (excludes halogenated alkanes) is 4. The molecule has 53 heavy (non-hydrogen) atoms. The zero-order chi connectivity index (χ0) is 38.3. The molecule has 280 valence electrons. The van der Waals surface area contributed by atoms with Gasteiger partial charge in [-0.05, 0) is 97.7 Å². The van der Waals surface area contributed by atoms with Gasteiger partial charge in [0.1, 0.15) is 17.2 Å². The van der Waals surface area contributed by atoms with Gasteiger partial charge in [-0.25, -0.2) is 19.2 Å². The number of hydrogen-bond donors (Lipinski definition) is 0. The molecule has 12 nitrogen and oxygen atoms in total. The number of esters is 4. The summed E-state index contributed by atoms with van der Waals surface area (Å²) in [6.07, 6.45) is 7.39. The molecule has 0 unspecified atom stereocenters. The largest absolute Gasteiger partial charge is 0.513 e. The third kappa shape index (κ3) is 16.6. The molecule has 0 saturated carbocycles. The van der Waals surface area contributed by atoms with Crippen LogP contribution in [0.4, 0.5) is 4.79 Å². The predicted octanol–water partition coefficient (Wildman–Crippen LogP) is 7.60. The molecule has 0 amide bonds. The predicted molar refractivity (Wildman–Crippen MR) is 196 cm³/mol. The number of hydrogen-bond acceptors (Lipinski definition) is 12. The van der Waals surface area contributed by atoms with E-state index in [0.29, 0.717) is 43.1 Å². The second kappa shape index (κ2) is 23.3. The fraction of sp³-hybridized carbons (Fsp3) is 0.293. The number of benzene rings is 3. The summed E-state index contributed by atoms with van der Waals surface area (Å²) in [7, 11) is 1.24. The number of methoxy groups -OCH3 is 1. The van der Waals surface area contributed by atoms with Crippen LogP contribution in [0.5, 0.6) is 17.2 Å². The van der Waals surface area contributed by atoms with Crippen LogP contribution in [-0.4, -0.2) is 63.6 Å². The van der Waals surface area contributed by atoms with E-state index in [4.69, 9.17) is 28.4 Å². The van der Waals surface area contributed by atoms with E-state index in [0.717, 1.165) is 42.0 Å². The Kier molecular flexibility index (Phi) is 18.2. The maximum Gasteiger partial charge on any atom is 0.513 e. The molecule has 0 N–H and O–H groups in total. The van der Waals surface area contributed by atoms with Gasteiger partial charge < -0.3 is 33.2 Å². The smallest absolute Gasteiger partial charge is 0.494 e. The van der Waals surface area contributed by atoms with Crippen molar-refractivity contribution in [1.82, 2.24) is 0 Å². The van der Waals surface area contributed by atoms with Gasteiger partial charge >= 0.3 is 30.0 Å². The van der Waals surface area contributed by atoms with Crippen molar-refractivity contribution >= 4 is 36.1 Å². The third-order valence-corrected chi connectivity index (χ3v) is 7.34. The Balaban J connectivity index is 1.30. The summed E-state index contributed by atoms with van der Waals surface area (Å²) < 4.78 is 35.9. The Labute approximate surface area is 308 Å². The number of carbonyl (C=O) groups is 5. The van der Waals surface area contributed by atoms with Crippen LogP contribution in [-0.2, 0) is 38.1 Å². The third-order valence-electron chi connectivity index (χ3n) is 7.34. The molecule has 12 heteroatoms. The lowest BCUT2D eigenvalue weighted by atomic mass is 10.0. The standard InChI is InChI=1S/C41H44O12/c1-4-37(42)49-26-9-10-28-51-41(46)53-36-18-16-33(17-19-36)32-14-11-31(12-15-32)13-24-38(43)52-35-22-20-34(21-23-35)48-25-7-5-6-8-27-50-40(45)30(2)29-39(44)47-3/h4,11-24H,1-2,5-10,25-29H2,3H3/b24-13+. The lowest BCUT2D eigenvalue weighted by molar-refractivity contribution is -0.144. The van der Waals surface area contributed by atoms with Gasteiger partial charge in [-0.15, -0.1) is 0 Å². The molecule has 0 saturated heterocycles. The van der Waals surface area contributed by atoms with Crippen LogP contribution in [0.1, 0.15) is 50.5 Å². The van der Waals surface area contributed by atoms with Crippen LogP contribution >= 0.6 is 0 Å². The monoisotopic (exact) mass is 728 g/mol. The van der Waals surface area contributed by atoms with E-state index in [9.17, 15) is 24.0 Å². The van der Waals surface area contributed by atoms with Crippen molar-refractivity contribution in [2.24, 2.45) is 0 Å². The lowest BCUT2D eigenvalue weighted by Crippen LogP contribution is -2.12. The van der Waals surface area contributed by atoms with Crippen LogP contribution in [0.25, 0.3) is 17.2 Å². The summed E-state index contributed by atoms with van der Waals surface area (Å²) in [4.78, 5) is 58.3. The Morgan fingerprint density at radius 1 is 0.604 bits per heavy atom. The van der Waals surface area contributed by atoms with Gasteiger partial charge in [0, 0.05) is 17.7 Å². The Bertz CT molecular complexity index is 1690. The van der Waals surface area contributed by atoms with Crippen LogP contribution in [0.15, 0.2) is 104 Å². The van der Waals surface area contributed by atoms with Gasteiger partial charge in [0.25, 0.3) is 0 Å². The van der Waals surface area contributed by atoms with E-state index in [-0.39, 0.29) is 31.8 Å². The quantitative estimate of drug-likeness (QED) is 0.0250. The Hall–Kier alpha value is -6.17. The van der Waals surface area contributed by atoms with E-state index in [2.05, 4.69) is 17.9 Å². The zero-order valence-corrected chi connectivity index (χ0v) is 29.8. The summed E-state index contributed by atoms with van der Waals surface area (Å²) in [6.45, 7) is 7.98. The maximum absolute atomic E-state index is 12.4. The minimum absolute atomic E-state index is 0.0688. The van der Waals surface area contributed by atoms with Gasteiger partial charge in [0.05, 0.1) is 40.0 Å². The molecular weight excluding hydrogens is 684 g/mol. The number of rotatable bonds is 22. The summed E-state index contributed by atoms with van der Waals surface area (Å²) in [6, 6.07) is 21.3. The van der Waals surface area contributed by atoms with Gasteiger partial charge in [-0.2, -0.15) is 0 Å². The van der Waals surface area contributed by atoms with Crippen molar-refractivity contribution in [2.75, 3.05) is 33.5 Å². The summed E-state index contributed by atoms with van der Waals surface area (Å²) >= 11 is 0. The first-order valence-electron chi connectivity index (χ1n) is 17.1. The molecule has 0 radical (unpaired) electrons. The van der Waals surface area contributed by atoms with Crippen molar-refractivity contribution in [3.63, 3.8) is 0 Å². The topological polar surface area (TPSA) is 150 Å². The highest BCUT2D eigenvalue weighted by molar-refractivity contribution is 5.93. The van der Waals surface area contributed by atoms with Crippen molar-refractivity contribution in [1.29, 1.82) is 0 Å². The minimum atomic E-state index is -0.819. The van der Waals surface area contributed by atoms with Crippen molar-refractivity contribution < 1.29 is 57.1 Å². The van der Waals surface area contributed by atoms with Gasteiger partial charge in [-0.1, -0.05) is 49.6 Å². The molecule has 0 aliphatic rings. The normalized spacial score (nSPS) is 10.5. The molecule has 3 aromatic carbocycles. The highest BCUT2D eigenvalue weighted by atomic mass is 16.7. The molecule has 0 spiro atoms. The summed E-state index contributed by atoms with van der Waals surface area (Å²) in [5.74, 6) is -0.774. The Morgan fingerprint density at radius 3 is 1.77 bits per heavy atom. The van der Waals surface area contributed by atoms with E-state index in [1.165, 1.54) is 13.2 Å². The average molecular weight is 729 g/mol. The van der Waals surface area contributed by atoms with Crippen molar-refractivity contribution in [3.05, 3.63) is 109 Å². The lowest BCUT2D eigenvalue weighted by Gasteiger charge is -2.08. The fourth-order valence-electron chi connectivity index (χ4n) is 4.47. The highest BCUT2D eigenvalue weighted by Crippen LogP contribution is 2.24. The molecule has 0 aliphatic carbocycles. The Morgan fingerprint density at radius 2 is 1.13 bits per heavy atom. The summed E-state index contributed by atoms with van der Waals surface area (Å²) in [5, 5.41) is 0. The van der Waals surface area contributed by atoms with E-state index in [1.54, 1.807) is 42.5 Å². The van der Waals surface area contributed by atoms with E-state index in [1.807, 2.05) is 36.4 Å². The average Bonchev–Trinajstić information content (AvgIpc) is 3.17. The van der Waals surface area contributed by atoms with E-state index >= 15 is 0 Å². The molecule has 0 fully saturated rings. The van der Waals surface area contributed by atoms with Gasteiger partial charge in [0.2, 0.25) is 0 Å². The van der Waals surface area contributed by atoms with Crippen molar-refractivity contribution in [3.8, 4) is 28.4 Å². The maximum atomic E-state index is 12.4. The first kappa shape index (κ1) is 41.3. The van der Waals surface area contributed by atoms with Gasteiger partial charge in [-0.3, -0.25) is 4.79 Å². The molecule has 0 bridgehead atoms. The molecule has 0 aromatic heterocycles. The minimum Gasteiger partial charge on any atom is -0.494 e. The summed E-state index contributed by atoms with van der Waals surface area (Å²) in [5.41, 5.74) is 2.70. The first-order valence-corrected chi connectivity index (χ1v) is 17.1. The number of carbonyl (C=O) groups excluding carboxylic acids is 5. The second-order valence-corrected chi connectivity index (χ2v) is 11.4. The fourth-order valence-corrected chi connectivity index (χ4v) is 4.47. The van der Waals surface area contributed by atoms with Gasteiger partial charge in [0.15, 0.2) is 0 Å². The van der Waals surface area contributed by atoms with Crippen LogP contribution in [0.3, 0.4) is 0 Å². The second-order valence-electron chi connectivity index (χ2n) is 11.4. The zero-order valence-electron chi connectivity index (χ0n) is 29.8. The molecule has 0 heterocycles. The molecule has 3 rings (SSSR count). The molecule has 0 aliphatic heterocycles. The van der Waals surface area contributed by atoms with Crippen molar-refractivity contribution in [2.45, 2.75) is 44.9 Å². The van der Waals surface area contributed by atoms with Crippen LogP contribution in [0, 0.1) is 0 Å².